The smallest absolute Gasteiger partial charge is 0.161 e. The van der Waals surface area contributed by atoms with Crippen LogP contribution in [0.2, 0.25) is 0 Å². The first-order valence-electron chi connectivity index (χ1n) is 21.2. The Morgan fingerprint density at radius 3 is 1.76 bits per heavy atom. The molecule has 0 aliphatic heterocycles. The fourth-order valence-electron chi connectivity index (χ4n) is 9.01. The fraction of sp³-hybridized carbons (Fsp3) is 0.0172. The zero-order valence-corrected chi connectivity index (χ0v) is 34.5. The molecule has 0 unspecified atom stereocenters. The molecule has 0 aliphatic carbocycles. The average Bonchev–Trinajstić information content (AvgIpc) is 3.88. The second-order valence-electron chi connectivity index (χ2n) is 15.7. The van der Waals surface area contributed by atoms with Gasteiger partial charge in [0.2, 0.25) is 0 Å². The summed E-state index contributed by atoms with van der Waals surface area (Å²) in [6.07, 6.45) is 0. The lowest BCUT2D eigenvalue weighted by Gasteiger charge is -2.12. The van der Waals surface area contributed by atoms with Gasteiger partial charge in [0.1, 0.15) is 0 Å². The van der Waals surface area contributed by atoms with Crippen LogP contribution < -0.4 is 0 Å². The molecule has 11 rings (SSSR count). The highest BCUT2D eigenvalue weighted by Crippen LogP contribution is 2.40. The molecule has 11 aromatic rings. The van der Waals surface area contributed by atoms with E-state index >= 15 is 0 Å². The van der Waals surface area contributed by atoms with Gasteiger partial charge >= 0.3 is 0 Å². The highest BCUT2D eigenvalue weighted by molar-refractivity contribution is 6.17. The number of amidine groups is 2. The van der Waals surface area contributed by atoms with Crippen LogP contribution >= 0.6 is 0 Å². The Bertz CT molecular complexity index is 3540. The quantitative estimate of drug-likeness (QED) is 0.108. The molecule has 0 atom stereocenters. The number of nitrogens with zero attached hydrogens (tertiary/aromatic N) is 5. The van der Waals surface area contributed by atoms with E-state index in [4.69, 9.17) is 9.98 Å². The molecule has 5 heteroatoms. The topological polar surface area (TPSA) is 46.9 Å². The van der Waals surface area contributed by atoms with Crippen molar-refractivity contribution in [1.29, 1.82) is 0 Å². The molecule has 2 aromatic heterocycles. The van der Waals surface area contributed by atoms with Gasteiger partial charge in [-0.05, 0) is 89.1 Å². The summed E-state index contributed by atoms with van der Waals surface area (Å²) in [4.78, 5) is 14.5. The van der Waals surface area contributed by atoms with Crippen molar-refractivity contribution >= 4 is 62.0 Å². The molecule has 63 heavy (non-hydrogen) atoms. The van der Waals surface area contributed by atoms with Crippen LogP contribution in [-0.4, -0.2) is 27.5 Å². The zero-order valence-electron chi connectivity index (χ0n) is 34.5. The summed E-state index contributed by atoms with van der Waals surface area (Å²) < 4.78 is 4.78. The molecule has 0 bridgehead atoms. The summed E-state index contributed by atoms with van der Waals surface area (Å²) in [5.41, 5.74) is 14.3. The van der Waals surface area contributed by atoms with Gasteiger partial charge in [0.25, 0.3) is 0 Å². The van der Waals surface area contributed by atoms with E-state index in [9.17, 15) is 0 Å². The molecule has 0 saturated carbocycles. The maximum atomic E-state index is 5.09. The van der Waals surface area contributed by atoms with Crippen molar-refractivity contribution in [1.82, 2.24) is 9.13 Å². The molecule has 298 valence electrons. The minimum Gasteiger partial charge on any atom is -0.309 e. The first kappa shape index (κ1) is 37.6. The lowest BCUT2D eigenvalue weighted by atomic mass is 9.97. The van der Waals surface area contributed by atoms with E-state index in [1.165, 1.54) is 32.6 Å². The Morgan fingerprint density at radius 2 is 0.968 bits per heavy atom. The molecule has 0 aliphatic rings. The molecule has 0 spiro atoms. The van der Waals surface area contributed by atoms with Gasteiger partial charge in [-0.2, -0.15) is 0 Å². The maximum absolute atomic E-state index is 5.09. The van der Waals surface area contributed by atoms with Crippen LogP contribution in [0.25, 0.3) is 77.2 Å². The predicted octanol–water partition coefficient (Wildman–Crippen LogP) is 14.3. The largest absolute Gasteiger partial charge is 0.309 e. The minimum absolute atomic E-state index is 0.482. The lowest BCUT2D eigenvalue weighted by molar-refractivity contribution is 1.06. The van der Waals surface area contributed by atoms with Crippen molar-refractivity contribution in [2.45, 2.75) is 6.54 Å². The van der Waals surface area contributed by atoms with E-state index < -0.39 is 0 Å². The summed E-state index contributed by atoms with van der Waals surface area (Å²) in [6, 6.07) is 79.2. The van der Waals surface area contributed by atoms with Crippen molar-refractivity contribution in [2.24, 2.45) is 15.0 Å². The van der Waals surface area contributed by atoms with Gasteiger partial charge in [-0.25, -0.2) is 9.98 Å². The Balaban J connectivity index is 1.03. The van der Waals surface area contributed by atoms with Gasteiger partial charge in [0.15, 0.2) is 11.7 Å². The highest BCUT2D eigenvalue weighted by atomic mass is 15.0. The second-order valence-corrected chi connectivity index (χ2v) is 15.7. The zero-order chi connectivity index (χ0) is 42.1. The third-order valence-electron chi connectivity index (χ3n) is 11.9. The van der Waals surface area contributed by atoms with Gasteiger partial charge in [0.05, 0.1) is 28.6 Å². The molecule has 9 aromatic carbocycles. The van der Waals surface area contributed by atoms with Crippen molar-refractivity contribution in [3.63, 3.8) is 0 Å². The molecule has 5 nitrogen and oxygen atoms in total. The Morgan fingerprint density at radius 1 is 0.397 bits per heavy atom. The number of hydrogen-bond acceptors (Lipinski definition) is 1. The summed E-state index contributed by atoms with van der Waals surface area (Å²) in [5, 5.41) is 4.86. The van der Waals surface area contributed by atoms with Crippen LogP contribution in [0.3, 0.4) is 0 Å². The lowest BCUT2D eigenvalue weighted by Crippen LogP contribution is -2.05. The summed E-state index contributed by atoms with van der Waals surface area (Å²) >= 11 is 0. The van der Waals surface area contributed by atoms with Crippen molar-refractivity contribution in [3.8, 4) is 33.6 Å². The van der Waals surface area contributed by atoms with Crippen LogP contribution in [0.1, 0.15) is 16.7 Å². The van der Waals surface area contributed by atoms with Gasteiger partial charge in [-0.3, -0.25) is 4.99 Å². The normalized spacial score (nSPS) is 12.1. The van der Waals surface area contributed by atoms with Crippen molar-refractivity contribution in [2.75, 3.05) is 0 Å². The van der Waals surface area contributed by atoms with Crippen LogP contribution in [0.15, 0.2) is 239 Å². The average molecular weight is 808 g/mol. The number of hydrogen-bond donors (Lipinski definition) is 0. The molecule has 0 fully saturated rings. The SMILES string of the molecule is C=N/C(=N\C(=N/Cc1ccccc1)c1cccc(-c2cccc3c2c2ccccc2n3-c2cccc(-c3ccc4c5ccccc5n(-c5ccccc5)c4c3)c2)c1)c1ccccc1. The first-order valence-corrected chi connectivity index (χ1v) is 21.2. The van der Waals surface area contributed by atoms with E-state index in [1.54, 1.807) is 0 Å². The molecule has 2 heterocycles. The summed E-state index contributed by atoms with van der Waals surface area (Å²) in [5.74, 6) is 1.12. The van der Waals surface area contributed by atoms with Crippen LogP contribution in [0.5, 0.6) is 0 Å². The molecular weight excluding hydrogens is 767 g/mol. The number of aromatic nitrogens is 2. The first-order chi connectivity index (χ1) is 31.2. The fourth-order valence-corrected chi connectivity index (χ4v) is 9.01. The number of aliphatic imine (C=N–C) groups is 3. The Labute approximate surface area is 365 Å². The molecule has 0 saturated heterocycles. The Hall–Kier alpha value is -8.41. The number of fused-ring (bicyclic) bond motifs is 6. The third kappa shape index (κ3) is 6.92. The number of para-hydroxylation sites is 3. The van der Waals surface area contributed by atoms with Crippen LogP contribution in [0.4, 0.5) is 0 Å². The molecule has 0 N–H and O–H groups in total. The van der Waals surface area contributed by atoms with E-state index in [1.807, 2.05) is 48.5 Å². The van der Waals surface area contributed by atoms with Gasteiger partial charge in [0, 0.05) is 44.0 Å². The van der Waals surface area contributed by atoms with Crippen LogP contribution in [0, 0.1) is 0 Å². The minimum atomic E-state index is 0.482. The van der Waals surface area contributed by atoms with E-state index in [0.717, 1.165) is 61.4 Å². The van der Waals surface area contributed by atoms with Crippen molar-refractivity contribution in [3.05, 3.63) is 241 Å². The monoisotopic (exact) mass is 807 g/mol. The second kappa shape index (κ2) is 16.2. The van der Waals surface area contributed by atoms with E-state index in [2.05, 4.69) is 197 Å². The predicted molar refractivity (Wildman–Crippen MR) is 265 cm³/mol. The summed E-state index contributed by atoms with van der Waals surface area (Å²) in [6.45, 7) is 4.36. The Kier molecular flexibility index (Phi) is 9.68. The van der Waals surface area contributed by atoms with E-state index in [0.29, 0.717) is 18.2 Å². The van der Waals surface area contributed by atoms with Crippen LogP contribution in [-0.2, 0) is 6.54 Å². The van der Waals surface area contributed by atoms with Crippen molar-refractivity contribution < 1.29 is 0 Å². The number of rotatable bonds is 8. The molecular formula is C58H41N5. The summed E-state index contributed by atoms with van der Waals surface area (Å²) in [7, 11) is 0. The van der Waals surface area contributed by atoms with Gasteiger partial charge < -0.3 is 9.13 Å². The highest BCUT2D eigenvalue weighted by Gasteiger charge is 2.18. The maximum Gasteiger partial charge on any atom is 0.161 e. The molecule has 0 amide bonds. The van der Waals surface area contributed by atoms with Gasteiger partial charge in [-0.15, -0.1) is 0 Å². The number of benzene rings is 9. The standard InChI is InChI=1S/C58H41N5/c1-59-57(41-20-7-3-8-21-41)61-58(60-39-40-18-5-2-6-19-40)45-24-15-23-44(36-45)48-30-17-33-54-56(48)51-29-12-14-32-53(51)63(54)47-27-16-22-42(37-47)43-34-35-50-49-28-11-13-31-52(49)62(55(50)38-43)46-25-9-4-10-26-46/h2-38H,1,39H2/b60-58-,61-57-. The third-order valence-corrected chi connectivity index (χ3v) is 11.9. The van der Waals surface area contributed by atoms with Gasteiger partial charge in [-0.1, -0.05) is 170 Å². The molecule has 0 radical (unpaired) electrons. The van der Waals surface area contributed by atoms with E-state index in [-0.39, 0.29) is 0 Å².